The average Bonchev–Trinajstić information content (AvgIpc) is 2.75. The molecule has 0 bridgehead atoms. The lowest BCUT2D eigenvalue weighted by Crippen LogP contribution is -2.26. The highest BCUT2D eigenvalue weighted by molar-refractivity contribution is 6.31. The van der Waals surface area contributed by atoms with Crippen LogP contribution in [0.5, 0.6) is 0 Å². The molecule has 0 saturated carbocycles. The number of nitrogens with zero attached hydrogens (tertiary/aromatic N) is 2. The molecule has 1 aromatic heterocycles. The van der Waals surface area contributed by atoms with Crippen molar-refractivity contribution in [2.75, 3.05) is 6.54 Å². The van der Waals surface area contributed by atoms with Crippen molar-refractivity contribution in [1.29, 1.82) is 0 Å². The Bertz CT molecular complexity index is 349. The Morgan fingerprint density at radius 1 is 1.39 bits per heavy atom. The van der Waals surface area contributed by atoms with Gasteiger partial charge >= 0.3 is 0 Å². The molecular weight excluding hydrogens is 246 g/mol. The maximum absolute atomic E-state index is 6.30. The molecule has 2 unspecified atom stereocenters. The Morgan fingerprint density at radius 3 is 2.67 bits per heavy atom. The van der Waals surface area contributed by atoms with Gasteiger partial charge in [-0.05, 0) is 32.2 Å². The molecule has 0 aliphatic heterocycles. The van der Waals surface area contributed by atoms with Crippen molar-refractivity contribution in [3.05, 3.63) is 16.9 Å². The SMILES string of the molecule is CCCNC(CC(C)CC)c1c(Cl)cnn1CC. The molecular formula is C14H26ClN3. The van der Waals surface area contributed by atoms with Crippen LogP contribution in [0, 0.1) is 5.92 Å². The smallest absolute Gasteiger partial charge is 0.0834 e. The number of halogens is 1. The molecule has 0 aromatic carbocycles. The topological polar surface area (TPSA) is 29.9 Å². The van der Waals surface area contributed by atoms with E-state index in [2.05, 4.69) is 38.1 Å². The number of aryl methyl sites for hydroxylation is 1. The molecule has 18 heavy (non-hydrogen) atoms. The van der Waals surface area contributed by atoms with Gasteiger partial charge in [-0.3, -0.25) is 4.68 Å². The van der Waals surface area contributed by atoms with Gasteiger partial charge in [-0.15, -0.1) is 0 Å². The van der Waals surface area contributed by atoms with E-state index in [9.17, 15) is 0 Å². The third-order valence-electron chi connectivity index (χ3n) is 3.44. The molecule has 0 radical (unpaired) electrons. The molecule has 0 aliphatic rings. The number of rotatable bonds is 8. The van der Waals surface area contributed by atoms with Crippen LogP contribution in [-0.4, -0.2) is 16.3 Å². The molecule has 104 valence electrons. The van der Waals surface area contributed by atoms with Gasteiger partial charge in [0.25, 0.3) is 0 Å². The summed E-state index contributed by atoms with van der Waals surface area (Å²) in [5, 5.41) is 8.73. The van der Waals surface area contributed by atoms with Crippen molar-refractivity contribution in [1.82, 2.24) is 15.1 Å². The Kier molecular flexibility index (Phi) is 6.72. The fourth-order valence-corrected chi connectivity index (χ4v) is 2.42. The molecule has 1 rings (SSSR count). The zero-order chi connectivity index (χ0) is 13.5. The van der Waals surface area contributed by atoms with Gasteiger partial charge in [-0.2, -0.15) is 5.10 Å². The number of nitrogens with one attached hydrogen (secondary N) is 1. The molecule has 1 aromatic rings. The van der Waals surface area contributed by atoms with E-state index in [1.54, 1.807) is 6.20 Å². The summed E-state index contributed by atoms with van der Waals surface area (Å²) in [6, 6.07) is 0.315. The van der Waals surface area contributed by atoms with Gasteiger partial charge in [0.2, 0.25) is 0 Å². The first-order valence-corrected chi connectivity index (χ1v) is 7.46. The lowest BCUT2D eigenvalue weighted by molar-refractivity contribution is 0.382. The van der Waals surface area contributed by atoms with E-state index in [0.29, 0.717) is 12.0 Å². The van der Waals surface area contributed by atoms with Gasteiger partial charge in [0, 0.05) is 6.54 Å². The molecule has 1 heterocycles. The van der Waals surface area contributed by atoms with E-state index >= 15 is 0 Å². The maximum atomic E-state index is 6.30. The summed E-state index contributed by atoms with van der Waals surface area (Å²) in [5.74, 6) is 0.690. The standard InChI is InChI=1S/C14H26ClN3/c1-5-8-16-13(9-11(4)6-2)14-12(15)10-17-18(14)7-3/h10-11,13,16H,5-9H2,1-4H3. The third-order valence-corrected chi connectivity index (χ3v) is 3.73. The highest BCUT2D eigenvalue weighted by Gasteiger charge is 2.21. The van der Waals surface area contributed by atoms with Crippen LogP contribution >= 0.6 is 11.6 Å². The summed E-state index contributed by atoms with van der Waals surface area (Å²) in [7, 11) is 0. The zero-order valence-corrected chi connectivity index (χ0v) is 12.8. The van der Waals surface area contributed by atoms with Crippen molar-refractivity contribution in [3.8, 4) is 0 Å². The first kappa shape index (κ1) is 15.5. The van der Waals surface area contributed by atoms with Crippen molar-refractivity contribution in [3.63, 3.8) is 0 Å². The van der Waals surface area contributed by atoms with Crippen LogP contribution < -0.4 is 5.32 Å². The van der Waals surface area contributed by atoms with E-state index < -0.39 is 0 Å². The Balaban J connectivity index is 2.89. The quantitative estimate of drug-likeness (QED) is 0.774. The minimum absolute atomic E-state index is 0.315. The van der Waals surface area contributed by atoms with E-state index in [4.69, 9.17) is 11.6 Å². The molecule has 1 N–H and O–H groups in total. The molecule has 2 atom stereocenters. The fourth-order valence-electron chi connectivity index (χ4n) is 2.15. The Labute approximate surface area is 116 Å². The van der Waals surface area contributed by atoms with Gasteiger partial charge in [0.15, 0.2) is 0 Å². The zero-order valence-electron chi connectivity index (χ0n) is 12.0. The van der Waals surface area contributed by atoms with Crippen molar-refractivity contribution in [2.45, 2.75) is 59.5 Å². The first-order valence-electron chi connectivity index (χ1n) is 7.08. The van der Waals surface area contributed by atoms with Gasteiger partial charge in [0.05, 0.1) is 23.0 Å². The molecule has 3 nitrogen and oxygen atoms in total. The predicted octanol–water partition coefficient (Wildman–Crippen LogP) is 4.03. The number of hydrogen-bond donors (Lipinski definition) is 1. The second kappa shape index (κ2) is 7.80. The summed E-state index contributed by atoms with van der Waals surface area (Å²) >= 11 is 6.30. The Hall–Kier alpha value is -0.540. The van der Waals surface area contributed by atoms with Crippen LogP contribution in [0.3, 0.4) is 0 Å². The van der Waals surface area contributed by atoms with Gasteiger partial charge < -0.3 is 5.32 Å². The molecule has 0 fully saturated rings. The fraction of sp³-hybridized carbons (Fsp3) is 0.786. The molecule has 4 heteroatoms. The number of hydrogen-bond acceptors (Lipinski definition) is 2. The molecule has 0 amide bonds. The van der Waals surface area contributed by atoms with E-state index in [1.165, 1.54) is 6.42 Å². The maximum Gasteiger partial charge on any atom is 0.0834 e. The van der Waals surface area contributed by atoms with Gasteiger partial charge in [-0.1, -0.05) is 38.8 Å². The third kappa shape index (κ3) is 3.99. The molecule has 0 aliphatic carbocycles. The summed E-state index contributed by atoms with van der Waals surface area (Å²) in [6.07, 6.45) is 5.20. The largest absolute Gasteiger partial charge is 0.309 e. The van der Waals surface area contributed by atoms with Crippen LogP contribution in [0.1, 0.15) is 58.7 Å². The first-order chi connectivity index (χ1) is 8.63. The number of aromatic nitrogens is 2. The van der Waals surface area contributed by atoms with Crippen molar-refractivity contribution < 1.29 is 0 Å². The minimum Gasteiger partial charge on any atom is -0.309 e. The van der Waals surface area contributed by atoms with E-state index in [0.717, 1.165) is 36.6 Å². The van der Waals surface area contributed by atoms with Crippen molar-refractivity contribution in [2.24, 2.45) is 5.92 Å². The van der Waals surface area contributed by atoms with E-state index in [-0.39, 0.29) is 0 Å². The highest BCUT2D eigenvalue weighted by atomic mass is 35.5. The van der Waals surface area contributed by atoms with Crippen LogP contribution in [-0.2, 0) is 6.54 Å². The summed E-state index contributed by atoms with van der Waals surface area (Å²) < 4.78 is 2.01. The second-order valence-electron chi connectivity index (χ2n) is 4.95. The van der Waals surface area contributed by atoms with Crippen molar-refractivity contribution >= 4 is 11.6 Å². The summed E-state index contributed by atoms with van der Waals surface area (Å²) in [4.78, 5) is 0. The summed E-state index contributed by atoms with van der Waals surface area (Å²) in [6.45, 7) is 10.7. The van der Waals surface area contributed by atoms with Crippen LogP contribution in [0.2, 0.25) is 5.02 Å². The molecule has 0 saturated heterocycles. The van der Waals surface area contributed by atoms with Gasteiger partial charge in [-0.25, -0.2) is 0 Å². The van der Waals surface area contributed by atoms with Crippen LogP contribution in [0.4, 0.5) is 0 Å². The average molecular weight is 272 g/mol. The summed E-state index contributed by atoms with van der Waals surface area (Å²) in [5.41, 5.74) is 1.15. The highest BCUT2D eigenvalue weighted by Crippen LogP contribution is 2.28. The van der Waals surface area contributed by atoms with E-state index in [1.807, 2.05) is 4.68 Å². The minimum atomic E-state index is 0.315. The monoisotopic (exact) mass is 271 g/mol. The van der Waals surface area contributed by atoms with Gasteiger partial charge in [0.1, 0.15) is 0 Å². The Morgan fingerprint density at radius 2 is 2.11 bits per heavy atom. The second-order valence-corrected chi connectivity index (χ2v) is 5.36. The normalized spacial score (nSPS) is 14.7. The predicted molar refractivity (Wildman–Crippen MR) is 78.0 cm³/mol. The lowest BCUT2D eigenvalue weighted by atomic mass is 9.97. The lowest BCUT2D eigenvalue weighted by Gasteiger charge is -2.23. The van der Waals surface area contributed by atoms with Crippen LogP contribution in [0.15, 0.2) is 6.20 Å². The van der Waals surface area contributed by atoms with Crippen LogP contribution in [0.25, 0.3) is 0 Å². The molecule has 0 spiro atoms.